The summed E-state index contributed by atoms with van der Waals surface area (Å²) in [5, 5.41) is 3.36. The van der Waals surface area contributed by atoms with Gasteiger partial charge in [-0.3, -0.25) is 4.79 Å². The molecule has 2 unspecified atom stereocenters. The minimum Gasteiger partial charge on any atom is -0.371 e. The molecular formula is C23H36N6O. The molecule has 0 saturated carbocycles. The summed E-state index contributed by atoms with van der Waals surface area (Å²) in [6.07, 6.45) is 7.28. The number of nitrogens with zero attached hydrogens (tertiary/aromatic N) is 5. The summed E-state index contributed by atoms with van der Waals surface area (Å²) < 4.78 is 1.69. The number of amidine groups is 1. The first kappa shape index (κ1) is 21.0. The van der Waals surface area contributed by atoms with Crippen molar-refractivity contribution >= 4 is 17.2 Å². The second kappa shape index (κ2) is 8.84. The first-order valence-corrected chi connectivity index (χ1v) is 11.3. The summed E-state index contributed by atoms with van der Waals surface area (Å²) in [5.74, 6) is 1.96. The van der Waals surface area contributed by atoms with Crippen LogP contribution >= 0.6 is 0 Å². The molecule has 4 rings (SSSR count). The average Bonchev–Trinajstić information content (AvgIpc) is 2.72. The van der Waals surface area contributed by atoms with Crippen LogP contribution < -0.4 is 15.8 Å². The van der Waals surface area contributed by atoms with Crippen LogP contribution in [-0.2, 0) is 7.05 Å². The monoisotopic (exact) mass is 412 g/mol. The Balaban J connectivity index is 1.52. The standard InChI is InChI=1S/C23H36N6O/c1-17-6-5-7-29(15-17)19-13-20(23(30)27(4)16-19)25-22-12-18(2)21(14-24-22)28-10-8-26(3)9-11-28/h13-14,16-18H,5-12,15H2,1-4H3,(H,24,25). The van der Waals surface area contributed by atoms with Gasteiger partial charge in [0.15, 0.2) is 0 Å². The van der Waals surface area contributed by atoms with Gasteiger partial charge in [0.25, 0.3) is 5.56 Å². The molecule has 2 fully saturated rings. The number of rotatable bonds is 3. The fourth-order valence-corrected chi connectivity index (χ4v) is 4.80. The van der Waals surface area contributed by atoms with Crippen LogP contribution in [0.5, 0.6) is 0 Å². The van der Waals surface area contributed by atoms with Gasteiger partial charge >= 0.3 is 0 Å². The fourth-order valence-electron chi connectivity index (χ4n) is 4.80. The quantitative estimate of drug-likeness (QED) is 0.827. The zero-order chi connectivity index (χ0) is 21.3. The van der Waals surface area contributed by atoms with Crippen molar-refractivity contribution < 1.29 is 0 Å². The number of aliphatic imine (C=N–C) groups is 1. The molecule has 3 aliphatic rings. The molecule has 1 aromatic heterocycles. The maximum atomic E-state index is 12.8. The molecule has 3 aliphatic heterocycles. The highest BCUT2D eigenvalue weighted by molar-refractivity contribution is 5.96. The van der Waals surface area contributed by atoms with Crippen molar-refractivity contribution in [2.45, 2.75) is 33.1 Å². The lowest BCUT2D eigenvalue weighted by atomic mass is 9.99. The highest BCUT2D eigenvalue weighted by atomic mass is 16.1. The van der Waals surface area contributed by atoms with Crippen LogP contribution in [0.4, 0.5) is 11.4 Å². The number of nitrogens with one attached hydrogen (secondary N) is 1. The Bertz CT molecular complexity index is 880. The van der Waals surface area contributed by atoms with Crippen LogP contribution in [0.2, 0.25) is 0 Å². The van der Waals surface area contributed by atoms with Gasteiger partial charge in [0, 0.05) is 76.7 Å². The highest BCUT2D eigenvalue weighted by Gasteiger charge is 2.25. The Morgan fingerprint density at radius 1 is 1.07 bits per heavy atom. The maximum absolute atomic E-state index is 12.8. The molecule has 2 saturated heterocycles. The number of hydrogen-bond acceptors (Lipinski definition) is 6. The summed E-state index contributed by atoms with van der Waals surface area (Å²) in [4.78, 5) is 24.7. The zero-order valence-corrected chi connectivity index (χ0v) is 18.9. The summed E-state index contributed by atoms with van der Waals surface area (Å²) in [7, 11) is 4.01. The predicted molar refractivity (Wildman–Crippen MR) is 124 cm³/mol. The van der Waals surface area contributed by atoms with Crippen LogP contribution in [0.3, 0.4) is 0 Å². The molecule has 1 N–H and O–H groups in total. The maximum Gasteiger partial charge on any atom is 0.274 e. The molecule has 7 nitrogen and oxygen atoms in total. The largest absolute Gasteiger partial charge is 0.371 e. The SMILES string of the molecule is CC1CCCN(c2cc(NC3=NC=C(N4CCN(C)CC4)C(C)C3)c(=O)n(C)c2)C1. The summed E-state index contributed by atoms with van der Waals surface area (Å²) >= 11 is 0. The van der Waals surface area contributed by atoms with Gasteiger partial charge in [0.05, 0.1) is 5.69 Å². The molecule has 0 aromatic carbocycles. The van der Waals surface area contributed by atoms with Gasteiger partial charge in [0.1, 0.15) is 11.5 Å². The highest BCUT2D eigenvalue weighted by Crippen LogP contribution is 2.27. The zero-order valence-electron chi connectivity index (χ0n) is 18.9. The predicted octanol–water partition coefficient (Wildman–Crippen LogP) is 2.56. The summed E-state index contributed by atoms with van der Waals surface area (Å²) in [6, 6.07) is 2.01. The Kier molecular flexibility index (Phi) is 6.18. The summed E-state index contributed by atoms with van der Waals surface area (Å²) in [6.45, 7) is 11.0. The number of pyridine rings is 1. The molecule has 7 heteroatoms. The molecule has 1 aromatic rings. The number of aryl methyl sites for hydroxylation is 1. The Morgan fingerprint density at radius 3 is 2.53 bits per heavy atom. The van der Waals surface area contributed by atoms with E-state index in [1.807, 2.05) is 25.5 Å². The Morgan fingerprint density at radius 2 is 1.83 bits per heavy atom. The second-order valence-electron chi connectivity index (χ2n) is 9.37. The fraction of sp³-hybridized carbons (Fsp3) is 0.652. The minimum atomic E-state index is -0.00648. The van der Waals surface area contributed by atoms with E-state index < -0.39 is 0 Å². The van der Waals surface area contributed by atoms with E-state index >= 15 is 0 Å². The van der Waals surface area contributed by atoms with E-state index in [9.17, 15) is 4.79 Å². The minimum absolute atomic E-state index is 0.00648. The van der Waals surface area contributed by atoms with E-state index in [0.717, 1.165) is 57.2 Å². The number of piperazine rings is 1. The molecule has 2 atom stereocenters. The van der Waals surface area contributed by atoms with Gasteiger partial charge in [-0.05, 0) is 31.9 Å². The van der Waals surface area contributed by atoms with Crippen LogP contribution in [0.15, 0.2) is 33.9 Å². The van der Waals surface area contributed by atoms with Crippen molar-refractivity contribution in [1.82, 2.24) is 14.4 Å². The number of allylic oxidation sites excluding steroid dienone is 1. The first-order valence-electron chi connectivity index (χ1n) is 11.3. The lowest BCUT2D eigenvalue weighted by Gasteiger charge is -2.38. The van der Waals surface area contributed by atoms with Gasteiger partial charge in [-0.25, -0.2) is 4.99 Å². The second-order valence-corrected chi connectivity index (χ2v) is 9.37. The average molecular weight is 413 g/mol. The van der Waals surface area contributed by atoms with Crippen LogP contribution in [0, 0.1) is 11.8 Å². The first-order chi connectivity index (χ1) is 14.4. The molecule has 30 heavy (non-hydrogen) atoms. The van der Waals surface area contributed by atoms with E-state index in [1.165, 1.54) is 18.5 Å². The molecule has 4 heterocycles. The normalized spacial score (nSPS) is 25.7. The Labute approximate surface area is 180 Å². The topological polar surface area (TPSA) is 56.1 Å². The number of piperidine rings is 1. The molecule has 0 amide bonds. The van der Waals surface area contributed by atoms with E-state index in [0.29, 0.717) is 17.5 Å². The third-order valence-corrected chi connectivity index (χ3v) is 6.70. The molecule has 0 radical (unpaired) electrons. The lowest BCUT2D eigenvalue weighted by Crippen LogP contribution is -2.45. The van der Waals surface area contributed by atoms with Crippen molar-refractivity contribution in [1.29, 1.82) is 0 Å². The summed E-state index contributed by atoms with van der Waals surface area (Å²) in [5.41, 5.74) is 3.05. The van der Waals surface area contributed by atoms with Gasteiger partial charge in [-0.15, -0.1) is 0 Å². The molecule has 0 spiro atoms. The Hall–Kier alpha value is -2.28. The van der Waals surface area contributed by atoms with E-state index in [4.69, 9.17) is 4.99 Å². The number of hydrogen-bond donors (Lipinski definition) is 1. The number of aromatic nitrogens is 1. The van der Waals surface area contributed by atoms with Crippen LogP contribution in [-0.4, -0.2) is 66.5 Å². The van der Waals surface area contributed by atoms with Gasteiger partial charge < -0.3 is 24.6 Å². The van der Waals surface area contributed by atoms with Gasteiger partial charge in [-0.2, -0.15) is 0 Å². The molecule has 0 aliphatic carbocycles. The van der Waals surface area contributed by atoms with E-state index in [2.05, 4.69) is 40.9 Å². The van der Waals surface area contributed by atoms with Gasteiger partial charge in [-0.1, -0.05) is 13.8 Å². The third-order valence-electron chi connectivity index (χ3n) is 6.70. The van der Waals surface area contributed by atoms with Crippen molar-refractivity contribution in [3.63, 3.8) is 0 Å². The molecule has 164 valence electrons. The third kappa shape index (κ3) is 4.56. The smallest absolute Gasteiger partial charge is 0.274 e. The van der Waals surface area contributed by atoms with Gasteiger partial charge in [0.2, 0.25) is 0 Å². The van der Waals surface area contributed by atoms with Crippen molar-refractivity contribution in [2.75, 3.05) is 56.5 Å². The molecular weight excluding hydrogens is 376 g/mol. The van der Waals surface area contributed by atoms with E-state index in [1.54, 1.807) is 4.57 Å². The molecule has 0 bridgehead atoms. The van der Waals surface area contributed by atoms with Crippen molar-refractivity contribution in [3.8, 4) is 0 Å². The van der Waals surface area contributed by atoms with Crippen LogP contribution in [0.1, 0.15) is 33.1 Å². The van der Waals surface area contributed by atoms with Crippen molar-refractivity contribution in [2.24, 2.45) is 23.9 Å². The number of likely N-dealkylation sites (N-methyl/N-ethyl adjacent to an activating group) is 1. The van der Waals surface area contributed by atoms with E-state index in [-0.39, 0.29) is 5.56 Å². The lowest BCUT2D eigenvalue weighted by molar-refractivity contribution is 0.174. The van der Waals surface area contributed by atoms with Crippen LogP contribution in [0.25, 0.3) is 0 Å². The van der Waals surface area contributed by atoms with Crippen molar-refractivity contribution in [3.05, 3.63) is 34.5 Å². The number of anilines is 2.